The summed E-state index contributed by atoms with van der Waals surface area (Å²) in [6.45, 7) is 0.0625. The summed E-state index contributed by atoms with van der Waals surface area (Å²) in [5.41, 5.74) is 6.22. The van der Waals surface area contributed by atoms with Crippen LogP contribution in [0, 0.1) is 10.1 Å². The number of benzene rings is 1. The van der Waals surface area contributed by atoms with Gasteiger partial charge in [0.15, 0.2) is 17.1 Å². The Labute approximate surface area is 146 Å². The molecule has 1 aromatic carbocycles. The van der Waals surface area contributed by atoms with Gasteiger partial charge in [-0.1, -0.05) is 11.6 Å². The number of halogens is 1. The summed E-state index contributed by atoms with van der Waals surface area (Å²) >= 11 is 6.02. The van der Waals surface area contributed by atoms with Gasteiger partial charge in [-0.05, 0) is 6.07 Å². The Balaban J connectivity index is 2.13. The molecule has 0 saturated carbocycles. The second kappa shape index (κ2) is 6.40. The number of aromatic nitrogens is 4. The van der Waals surface area contributed by atoms with E-state index in [1.165, 1.54) is 37.2 Å². The number of nitrogens with zero attached hydrogens (tertiary/aromatic N) is 5. The number of fused-ring (bicyclic) bond motifs is 1. The zero-order valence-electron chi connectivity index (χ0n) is 13.3. The minimum atomic E-state index is -0.501. The maximum atomic E-state index is 11.4. The average Bonchev–Trinajstić information content (AvgIpc) is 2.97. The first-order chi connectivity index (χ1) is 11.9. The molecule has 0 unspecified atom stereocenters. The molecule has 0 atom stereocenters. The van der Waals surface area contributed by atoms with Crippen molar-refractivity contribution >= 4 is 34.3 Å². The van der Waals surface area contributed by atoms with Crippen LogP contribution in [0.25, 0.3) is 11.0 Å². The SMILES string of the molecule is COc1cc(Cn2ncc3c(Cl)nc(N)nc32)c([N+](=O)[O-])cc1OC. The van der Waals surface area contributed by atoms with E-state index in [0.29, 0.717) is 22.3 Å². The molecule has 2 N–H and O–H groups in total. The highest BCUT2D eigenvalue weighted by atomic mass is 35.5. The Morgan fingerprint density at radius 2 is 1.96 bits per heavy atom. The Bertz CT molecular complexity index is 974. The smallest absolute Gasteiger partial charge is 0.278 e. The minimum absolute atomic E-state index is 0.0129. The average molecular weight is 365 g/mol. The quantitative estimate of drug-likeness (QED) is 0.413. The number of nitrogens with two attached hydrogens (primary N) is 1. The standard InChI is InChI=1S/C14H13ClN6O4/c1-24-10-3-7(9(21(22)23)4-11(10)25-2)6-20-13-8(5-17-20)12(15)18-14(16)19-13/h3-5H,6H2,1-2H3,(H2,16,18,19). The van der Waals surface area contributed by atoms with Gasteiger partial charge >= 0.3 is 0 Å². The van der Waals surface area contributed by atoms with E-state index in [-0.39, 0.29) is 29.1 Å². The zero-order valence-corrected chi connectivity index (χ0v) is 14.0. The molecule has 0 saturated heterocycles. The fraction of sp³-hybridized carbons (Fsp3) is 0.214. The molecule has 0 aliphatic rings. The number of methoxy groups -OCH3 is 2. The molecular weight excluding hydrogens is 352 g/mol. The second-order valence-electron chi connectivity index (χ2n) is 5.01. The Hall–Kier alpha value is -3.14. The van der Waals surface area contributed by atoms with E-state index < -0.39 is 4.92 Å². The van der Waals surface area contributed by atoms with Crippen molar-refractivity contribution in [3.05, 3.63) is 39.2 Å². The van der Waals surface area contributed by atoms with E-state index in [0.717, 1.165) is 0 Å². The van der Waals surface area contributed by atoms with Gasteiger partial charge in [-0.25, -0.2) is 9.67 Å². The molecule has 0 aliphatic carbocycles. The predicted octanol–water partition coefficient (Wildman–Crippen LogP) is 2.04. The molecule has 11 heteroatoms. The Morgan fingerprint density at radius 3 is 2.60 bits per heavy atom. The maximum Gasteiger partial charge on any atom is 0.278 e. The molecule has 25 heavy (non-hydrogen) atoms. The van der Waals surface area contributed by atoms with Crippen LogP contribution in [0.1, 0.15) is 5.56 Å². The zero-order chi connectivity index (χ0) is 18.1. The number of anilines is 1. The first-order valence-corrected chi connectivity index (χ1v) is 7.36. The van der Waals surface area contributed by atoms with Gasteiger partial charge in [0, 0.05) is 0 Å². The number of ether oxygens (including phenoxy) is 2. The van der Waals surface area contributed by atoms with E-state index >= 15 is 0 Å². The first-order valence-electron chi connectivity index (χ1n) is 6.98. The van der Waals surface area contributed by atoms with Crippen LogP contribution in [0.15, 0.2) is 18.3 Å². The summed E-state index contributed by atoms with van der Waals surface area (Å²) in [6.07, 6.45) is 1.48. The molecule has 3 rings (SSSR count). The highest BCUT2D eigenvalue weighted by molar-refractivity contribution is 6.34. The molecule has 0 bridgehead atoms. The van der Waals surface area contributed by atoms with Crippen LogP contribution in [-0.2, 0) is 6.54 Å². The maximum absolute atomic E-state index is 11.4. The summed E-state index contributed by atoms with van der Waals surface area (Å²) in [6, 6.07) is 2.83. The number of hydrogen-bond acceptors (Lipinski definition) is 8. The van der Waals surface area contributed by atoms with Crippen molar-refractivity contribution in [2.45, 2.75) is 6.54 Å². The van der Waals surface area contributed by atoms with Gasteiger partial charge in [0.05, 0.1) is 48.9 Å². The van der Waals surface area contributed by atoms with Gasteiger partial charge in [-0.15, -0.1) is 0 Å². The van der Waals surface area contributed by atoms with Gasteiger partial charge in [-0.2, -0.15) is 10.1 Å². The molecule has 0 aliphatic heterocycles. The van der Waals surface area contributed by atoms with Crippen LogP contribution in [0.2, 0.25) is 5.15 Å². The van der Waals surface area contributed by atoms with Crippen LogP contribution in [0.5, 0.6) is 11.5 Å². The Kier molecular flexibility index (Phi) is 4.28. The van der Waals surface area contributed by atoms with E-state index in [2.05, 4.69) is 15.1 Å². The minimum Gasteiger partial charge on any atom is -0.493 e. The molecule has 3 aromatic rings. The number of rotatable bonds is 5. The van der Waals surface area contributed by atoms with Gasteiger partial charge in [0.1, 0.15) is 5.15 Å². The highest BCUT2D eigenvalue weighted by Crippen LogP contribution is 2.35. The lowest BCUT2D eigenvalue weighted by Gasteiger charge is -2.11. The number of hydrogen-bond donors (Lipinski definition) is 1. The van der Waals surface area contributed by atoms with E-state index in [1.54, 1.807) is 0 Å². The predicted molar refractivity (Wildman–Crippen MR) is 90.0 cm³/mol. The molecule has 130 valence electrons. The largest absolute Gasteiger partial charge is 0.493 e. The van der Waals surface area contributed by atoms with Gasteiger partial charge in [0.2, 0.25) is 5.95 Å². The first kappa shape index (κ1) is 16.7. The van der Waals surface area contributed by atoms with Crippen molar-refractivity contribution in [1.29, 1.82) is 0 Å². The number of nitrogen functional groups attached to an aromatic ring is 1. The van der Waals surface area contributed by atoms with Gasteiger partial charge in [-0.3, -0.25) is 10.1 Å². The van der Waals surface area contributed by atoms with E-state index in [1.807, 2.05) is 0 Å². The van der Waals surface area contributed by atoms with Crippen molar-refractivity contribution in [2.75, 3.05) is 20.0 Å². The lowest BCUT2D eigenvalue weighted by molar-refractivity contribution is -0.385. The summed E-state index contributed by atoms with van der Waals surface area (Å²) < 4.78 is 11.8. The van der Waals surface area contributed by atoms with Crippen molar-refractivity contribution in [3.8, 4) is 11.5 Å². The lowest BCUT2D eigenvalue weighted by atomic mass is 10.1. The normalized spacial score (nSPS) is 10.8. The second-order valence-corrected chi connectivity index (χ2v) is 5.36. The fourth-order valence-corrected chi connectivity index (χ4v) is 2.64. The topological polar surface area (TPSA) is 131 Å². The number of nitro groups is 1. The van der Waals surface area contributed by atoms with E-state index in [4.69, 9.17) is 26.8 Å². The molecule has 0 fully saturated rings. The number of nitro benzene ring substituents is 1. The molecule has 0 radical (unpaired) electrons. The van der Waals surface area contributed by atoms with Crippen LogP contribution in [0.4, 0.5) is 11.6 Å². The van der Waals surface area contributed by atoms with E-state index in [9.17, 15) is 10.1 Å². The van der Waals surface area contributed by atoms with Crippen LogP contribution in [-0.4, -0.2) is 38.9 Å². The third-order valence-electron chi connectivity index (χ3n) is 3.57. The highest BCUT2D eigenvalue weighted by Gasteiger charge is 2.21. The van der Waals surface area contributed by atoms with Crippen molar-refractivity contribution in [2.24, 2.45) is 0 Å². The molecular formula is C14H13ClN6O4. The van der Waals surface area contributed by atoms with Gasteiger partial charge < -0.3 is 15.2 Å². The van der Waals surface area contributed by atoms with Crippen molar-refractivity contribution in [1.82, 2.24) is 19.7 Å². The summed E-state index contributed by atoms with van der Waals surface area (Å²) in [4.78, 5) is 18.9. The summed E-state index contributed by atoms with van der Waals surface area (Å²) in [7, 11) is 2.86. The third kappa shape index (κ3) is 2.98. The lowest BCUT2D eigenvalue weighted by Crippen LogP contribution is -2.07. The summed E-state index contributed by atoms with van der Waals surface area (Å²) in [5.74, 6) is 0.616. The molecule has 10 nitrogen and oxygen atoms in total. The Morgan fingerprint density at radius 1 is 1.28 bits per heavy atom. The van der Waals surface area contributed by atoms with Crippen LogP contribution >= 0.6 is 11.6 Å². The van der Waals surface area contributed by atoms with Crippen LogP contribution in [0.3, 0.4) is 0 Å². The molecule has 2 aromatic heterocycles. The van der Waals surface area contributed by atoms with Crippen molar-refractivity contribution in [3.63, 3.8) is 0 Å². The fourth-order valence-electron chi connectivity index (χ4n) is 2.42. The molecule has 0 spiro atoms. The van der Waals surface area contributed by atoms with Crippen LogP contribution < -0.4 is 15.2 Å². The third-order valence-corrected chi connectivity index (χ3v) is 3.86. The summed E-state index contributed by atoms with van der Waals surface area (Å²) in [5, 5.41) is 16.2. The molecule has 2 heterocycles. The van der Waals surface area contributed by atoms with Crippen molar-refractivity contribution < 1.29 is 14.4 Å². The van der Waals surface area contributed by atoms with Gasteiger partial charge in [0.25, 0.3) is 5.69 Å². The monoisotopic (exact) mass is 364 g/mol. The molecule has 0 amide bonds.